The molecule has 0 atom stereocenters. The average Bonchev–Trinajstić information content (AvgIpc) is 2.61. The molecule has 0 saturated carbocycles. The molecule has 0 aliphatic rings. The highest BCUT2D eigenvalue weighted by Crippen LogP contribution is 2.30. The topological polar surface area (TPSA) is 59.9 Å². The van der Waals surface area contributed by atoms with Crippen LogP contribution in [0.3, 0.4) is 0 Å². The Kier molecular flexibility index (Phi) is 4.94. The van der Waals surface area contributed by atoms with Crippen molar-refractivity contribution < 1.29 is 17.9 Å². The van der Waals surface area contributed by atoms with Gasteiger partial charge in [-0.05, 0) is 60.1 Å². The molecule has 1 heterocycles. The van der Waals surface area contributed by atoms with Gasteiger partial charge in [0.05, 0.1) is 12.7 Å². The van der Waals surface area contributed by atoms with E-state index >= 15 is 0 Å². The largest absolute Gasteiger partial charge is 0.497 e. The van der Waals surface area contributed by atoms with Crippen LogP contribution in [0.5, 0.6) is 5.75 Å². The second-order valence-electron chi connectivity index (χ2n) is 5.18. The van der Waals surface area contributed by atoms with Gasteiger partial charge in [0.25, 0.3) is 0 Å². The van der Waals surface area contributed by atoms with Crippen LogP contribution in [0.15, 0.2) is 48.5 Å². The maximum atomic E-state index is 12.6. The van der Waals surface area contributed by atoms with Crippen molar-refractivity contribution in [3.05, 3.63) is 59.4 Å². The summed E-state index contributed by atoms with van der Waals surface area (Å²) in [5.74, 6) is 1.12. The molecule has 5 nitrogen and oxygen atoms in total. The first-order valence-corrected chi connectivity index (χ1v) is 7.73. The van der Waals surface area contributed by atoms with E-state index in [1.54, 1.807) is 31.4 Å². The van der Waals surface area contributed by atoms with Crippen LogP contribution < -0.4 is 10.1 Å². The highest BCUT2D eigenvalue weighted by Gasteiger charge is 2.29. The van der Waals surface area contributed by atoms with E-state index in [4.69, 9.17) is 16.3 Å². The highest BCUT2D eigenvalue weighted by molar-refractivity contribution is 6.28. The fourth-order valence-corrected chi connectivity index (χ4v) is 2.31. The number of aromatic nitrogens is 3. The summed E-state index contributed by atoms with van der Waals surface area (Å²) in [4.78, 5) is 12.3. The lowest BCUT2D eigenvalue weighted by Gasteiger charge is -2.09. The van der Waals surface area contributed by atoms with Crippen molar-refractivity contribution in [2.45, 2.75) is 6.18 Å². The van der Waals surface area contributed by atoms with Gasteiger partial charge in [-0.25, -0.2) is 0 Å². The van der Waals surface area contributed by atoms with E-state index in [-0.39, 0.29) is 11.2 Å². The number of halogens is 4. The molecular formula is C17H12ClF3N4O. The van der Waals surface area contributed by atoms with Crippen LogP contribution in [0.1, 0.15) is 5.56 Å². The van der Waals surface area contributed by atoms with Crippen molar-refractivity contribution in [3.63, 3.8) is 0 Å². The van der Waals surface area contributed by atoms with Crippen molar-refractivity contribution in [2.24, 2.45) is 0 Å². The first-order valence-electron chi connectivity index (χ1n) is 7.35. The molecule has 0 aliphatic heterocycles. The summed E-state index contributed by atoms with van der Waals surface area (Å²) in [6, 6.07) is 11.5. The summed E-state index contributed by atoms with van der Waals surface area (Å²) in [6.45, 7) is 0. The van der Waals surface area contributed by atoms with Crippen molar-refractivity contribution in [2.75, 3.05) is 12.4 Å². The number of alkyl halides is 3. The van der Waals surface area contributed by atoms with Crippen LogP contribution in [0.25, 0.3) is 11.4 Å². The molecule has 0 saturated heterocycles. The molecule has 26 heavy (non-hydrogen) atoms. The van der Waals surface area contributed by atoms with Gasteiger partial charge in [0, 0.05) is 11.3 Å². The lowest BCUT2D eigenvalue weighted by Crippen LogP contribution is -2.05. The van der Waals surface area contributed by atoms with Gasteiger partial charge in [0.2, 0.25) is 11.2 Å². The Morgan fingerprint density at radius 3 is 2.15 bits per heavy atom. The van der Waals surface area contributed by atoms with Crippen LogP contribution in [0.2, 0.25) is 5.28 Å². The fourth-order valence-electron chi connectivity index (χ4n) is 2.15. The molecule has 3 rings (SSSR count). The van der Waals surface area contributed by atoms with Gasteiger partial charge < -0.3 is 10.1 Å². The zero-order valence-corrected chi connectivity index (χ0v) is 14.1. The number of anilines is 2. The molecule has 0 bridgehead atoms. The first kappa shape index (κ1) is 17.9. The predicted molar refractivity (Wildman–Crippen MR) is 91.6 cm³/mol. The second kappa shape index (κ2) is 7.17. The highest BCUT2D eigenvalue weighted by atomic mass is 35.5. The number of hydrogen-bond acceptors (Lipinski definition) is 5. The number of methoxy groups -OCH3 is 1. The van der Waals surface area contributed by atoms with E-state index in [0.717, 1.165) is 12.1 Å². The normalized spacial score (nSPS) is 11.3. The Balaban J connectivity index is 1.85. The number of rotatable bonds is 4. The smallest absolute Gasteiger partial charge is 0.416 e. The van der Waals surface area contributed by atoms with Gasteiger partial charge in [-0.15, -0.1) is 0 Å². The van der Waals surface area contributed by atoms with E-state index in [1.165, 1.54) is 12.1 Å². The Bertz CT molecular complexity index is 899. The van der Waals surface area contributed by atoms with Crippen LogP contribution in [-0.2, 0) is 6.18 Å². The van der Waals surface area contributed by atoms with Crippen molar-refractivity contribution in [1.82, 2.24) is 15.0 Å². The minimum atomic E-state index is -4.39. The van der Waals surface area contributed by atoms with Crippen molar-refractivity contribution in [1.29, 1.82) is 0 Å². The molecule has 0 aliphatic carbocycles. The standard InChI is InChI=1S/C17H12ClF3N4O/c1-26-13-8-2-10(3-9-13)14-23-15(18)25-16(24-14)22-12-6-4-11(5-7-12)17(19,20)21/h2-9H,1H3,(H,22,23,24,25). The predicted octanol–water partition coefficient (Wildman–Crippen LogP) is 4.96. The van der Waals surface area contributed by atoms with Crippen LogP contribution in [0, 0.1) is 0 Å². The average molecular weight is 381 g/mol. The van der Waals surface area contributed by atoms with Crippen molar-refractivity contribution >= 4 is 23.2 Å². The summed E-state index contributed by atoms with van der Waals surface area (Å²) in [7, 11) is 1.56. The number of ether oxygens (including phenoxy) is 1. The minimum absolute atomic E-state index is 0.0415. The molecule has 1 N–H and O–H groups in total. The summed E-state index contributed by atoms with van der Waals surface area (Å²) < 4.78 is 42.9. The van der Waals surface area contributed by atoms with Crippen LogP contribution >= 0.6 is 11.6 Å². The summed E-state index contributed by atoms with van der Waals surface area (Å²) in [6.07, 6.45) is -4.39. The SMILES string of the molecule is COc1ccc(-c2nc(Cl)nc(Nc3ccc(C(F)(F)F)cc3)n2)cc1. The molecule has 2 aromatic carbocycles. The van der Waals surface area contributed by atoms with E-state index in [1.807, 2.05) is 0 Å². The Morgan fingerprint density at radius 2 is 1.58 bits per heavy atom. The third kappa shape index (κ3) is 4.20. The second-order valence-corrected chi connectivity index (χ2v) is 5.52. The zero-order chi connectivity index (χ0) is 18.7. The monoisotopic (exact) mass is 380 g/mol. The van der Waals surface area contributed by atoms with Crippen LogP contribution in [-0.4, -0.2) is 22.1 Å². The third-order valence-corrected chi connectivity index (χ3v) is 3.59. The number of hydrogen-bond donors (Lipinski definition) is 1. The number of nitrogens with one attached hydrogen (secondary N) is 1. The van der Waals surface area contributed by atoms with Gasteiger partial charge in [0.1, 0.15) is 5.75 Å². The molecule has 0 fully saturated rings. The lowest BCUT2D eigenvalue weighted by atomic mass is 10.2. The Morgan fingerprint density at radius 1 is 0.923 bits per heavy atom. The van der Waals surface area contributed by atoms with Crippen molar-refractivity contribution in [3.8, 4) is 17.1 Å². The molecule has 0 unspecified atom stereocenters. The molecular weight excluding hydrogens is 369 g/mol. The molecule has 0 spiro atoms. The Hall–Kier alpha value is -2.87. The van der Waals surface area contributed by atoms with Gasteiger partial charge in [-0.1, -0.05) is 0 Å². The minimum Gasteiger partial charge on any atom is -0.497 e. The summed E-state index contributed by atoms with van der Waals surface area (Å²) in [5, 5.41) is 2.78. The van der Waals surface area contributed by atoms with E-state index in [9.17, 15) is 13.2 Å². The molecule has 134 valence electrons. The van der Waals surface area contributed by atoms with Gasteiger partial charge >= 0.3 is 6.18 Å². The van der Waals surface area contributed by atoms with Crippen LogP contribution in [0.4, 0.5) is 24.8 Å². The number of benzene rings is 2. The molecule has 0 radical (unpaired) electrons. The quantitative estimate of drug-likeness (QED) is 0.693. The number of nitrogens with zero attached hydrogens (tertiary/aromatic N) is 3. The fraction of sp³-hybridized carbons (Fsp3) is 0.118. The molecule has 3 aromatic rings. The zero-order valence-electron chi connectivity index (χ0n) is 13.4. The van der Waals surface area contributed by atoms with E-state index in [0.29, 0.717) is 22.8 Å². The molecule has 1 aromatic heterocycles. The maximum absolute atomic E-state index is 12.6. The first-order chi connectivity index (χ1) is 12.3. The summed E-state index contributed by atoms with van der Waals surface area (Å²) in [5.41, 5.74) is 0.335. The molecule has 9 heteroatoms. The third-order valence-electron chi connectivity index (χ3n) is 3.42. The van der Waals surface area contributed by atoms with Gasteiger partial charge in [-0.3, -0.25) is 0 Å². The lowest BCUT2D eigenvalue weighted by molar-refractivity contribution is -0.137. The van der Waals surface area contributed by atoms with E-state index < -0.39 is 11.7 Å². The van der Waals surface area contributed by atoms with E-state index in [2.05, 4.69) is 20.3 Å². The Labute approximate surface area is 151 Å². The summed E-state index contributed by atoms with van der Waals surface area (Å²) >= 11 is 5.93. The van der Waals surface area contributed by atoms with Gasteiger partial charge in [-0.2, -0.15) is 28.1 Å². The van der Waals surface area contributed by atoms with Gasteiger partial charge in [0.15, 0.2) is 5.82 Å². The maximum Gasteiger partial charge on any atom is 0.416 e. The molecule has 0 amide bonds.